The second-order valence-corrected chi connectivity index (χ2v) is 3.33. The zero-order valence-electron chi connectivity index (χ0n) is 7.60. The van der Waals surface area contributed by atoms with Gasteiger partial charge < -0.3 is 4.74 Å². The van der Waals surface area contributed by atoms with E-state index in [2.05, 4.69) is 15.9 Å². The third-order valence-electron chi connectivity index (χ3n) is 1.36. The Morgan fingerprint density at radius 3 is 2.75 bits per heavy atom. The van der Waals surface area contributed by atoms with Gasteiger partial charge in [0, 0.05) is 11.4 Å². The number of rotatable bonds is 5. The van der Waals surface area contributed by atoms with E-state index in [4.69, 9.17) is 4.74 Å². The Balaban J connectivity index is 3.72. The second-order valence-electron chi connectivity index (χ2n) is 2.54. The number of halogens is 1. The summed E-state index contributed by atoms with van der Waals surface area (Å²) in [4.78, 5) is 10.9. The first-order valence-electron chi connectivity index (χ1n) is 4.10. The summed E-state index contributed by atoms with van der Waals surface area (Å²) in [6.07, 6.45) is 3.57. The van der Waals surface area contributed by atoms with Crippen molar-refractivity contribution in [1.29, 1.82) is 0 Å². The number of ether oxygens (including phenoxy) is 1. The molecule has 0 aliphatic heterocycles. The van der Waals surface area contributed by atoms with Gasteiger partial charge in [-0.2, -0.15) is 0 Å². The summed E-state index contributed by atoms with van der Waals surface area (Å²) in [6.45, 7) is 4.19. The van der Waals surface area contributed by atoms with Crippen molar-refractivity contribution in [2.24, 2.45) is 0 Å². The van der Waals surface area contributed by atoms with Crippen LogP contribution in [0.15, 0.2) is 11.6 Å². The molecular weight excluding hydrogens is 220 g/mol. The summed E-state index contributed by atoms with van der Waals surface area (Å²) in [7, 11) is 0. The van der Waals surface area contributed by atoms with Gasteiger partial charge in [-0.3, -0.25) is 0 Å². The standard InChI is InChI=1S/C9H15BrO2/c1-3-12-9(11)7-8(2)5-4-6-10/h7H,3-6H2,1-2H3/b8-7+. The largest absolute Gasteiger partial charge is 0.463 e. The molecule has 0 aromatic heterocycles. The zero-order valence-corrected chi connectivity index (χ0v) is 9.19. The van der Waals surface area contributed by atoms with Gasteiger partial charge in [0.1, 0.15) is 0 Å². The van der Waals surface area contributed by atoms with Crippen LogP contribution in [0.1, 0.15) is 26.7 Å². The monoisotopic (exact) mass is 234 g/mol. The molecule has 0 bridgehead atoms. The molecule has 3 heteroatoms. The summed E-state index contributed by atoms with van der Waals surface area (Å²) < 4.78 is 4.77. The summed E-state index contributed by atoms with van der Waals surface area (Å²) in [6, 6.07) is 0. The van der Waals surface area contributed by atoms with Crippen LogP contribution >= 0.6 is 15.9 Å². The van der Waals surface area contributed by atoms with Gasteiger partial charge in [-0.15, -0.1) is 0 Å². The fraction of sp³-hybridized carbons (Fsp3) is 0.667. The van der Waals surface area contributed by atoms with E-state index < -0.39 is 0 Å². The average molecular weight is 235 g/mol. The van der Waals surface area contributed by atoms with Crippen molar-refractivity contribution in [3.05, 3.63) is 11.6 Å². The molecule has 0 amide bonds. The van der Waals surface area contributed by atoms with Crippen molar-refractivity contribution < 1.29 is 9.53 Å². The van der Waals surface area contributed by atoms with Crippen molar-refractivity contribution in [3.63, 3.8) is 0 Å². The smallest absolute Gasteiger partial charge is 0.330 e. The average Bonchev–Trinajstić information content (AvgIpc) is 2.01. The van der Waals surface area contributed by atoms with Crippen LogP contribution < -0.4 is 0 Å². The van der Waals surface area contributed by atoms with Crippen LogP contribution in [0.2, 0.25) is 0 Å². The topological polar surface area (TPSA) is 26.3 Å². The number of alkyl halides is 1. The number of esters is 1. The van der Waals surface area contributed by atoms with Crippen LogP contribution in [0.4, 0.5) is 0 Å². The molecule has 12 heavy (non-hydrogen) atoms. The maximum atomic E-state index is 10.9. The molecule has 0 radical (unpaired) electrons. The molecule has 0 rings (SSSR count). The number of allylic oxidation sites excluding steroid dienone is 1. The fourth-order valence-corrected chi connectivity index (χ4v) is 1.08. The molecule has 0 aliphatic rings. The molecule has 0 aliphatic carbocycles. The van der Waals surface area contributed by atoms with Crippen molar-refractivity contribution in [1.82, 2.24) is 0 Å². The molecule has 0 aromatic rings. The van der Waals surface area contributed by atoms with Crippen molar-refractivity contribution in [2.75, 3.05) is 11.9 Å². The molecule has 2 nitrogen and oxygen atoms in total. The molecule has 70 valence electrons. The van der Waals surface area contributed by atoms with Crippen LogP contribution in [0, 0.1) is 0 Å². The normalized spacial score (nSPS) is 11.4. The number of hydrogen-bond donors (Lipinski definition) is 0. The summed E-state index contributed by atoms with van der Waals surface area (Å²) >= 11 is 3.33. The van der Waals surface area contributed by atoms with Crippen LogP contribution in [-0.2, 0) is 9.53 Å². The number of carbonyl (C=O) groups is 1. The third kappa shape index (κ3) is 6.40. The summed E-state index contributed by atoms with van der Waals surface area (Å²) in [5.41, 5.74) is 1.08. The number of carbonyl (C=O) groups excluding carboxylic acids is 1. The van der Waals surface area contributed by atoms with Crippen LogP contribution in [0.3, 0.4) is 0 Å². The quantitative estimate of drug-likeness (QED) is 0.416. The lowest BCUT2D eigenvalue weighted by molar-refractivity contribution is -0.137. The lowest BCUT2D eigenvalue weighted by Gasteiger charge is -1.99. The van der Waals surface area contributed by atoms with Crippen molar-refractivity contribution in [2.45, 2.75) is 26.7 Å². The van der Waals surface area contributed by atoms with Crippen LogP contribution in [0.25, 0.3) is 0 Å². The fourth-order valence-electron chi connectivity index (χ4n) is 0.803. The van der Waals surface area contributed by atoms with Gasteiger partial charge in [-0.1, -0.05) is 21.5 Å². The van der Waals surface area contributed by atoms with Gasteiger partial charge in [0.25, 0.3) is 0 Å². The minimum Gasteiger partial charge on any atom is -0.463 e. The Bertz CT molecular complexity index is 164. The highest BCUT2D eigenvalue weighted by molar-refractivity contribution is 9.09. The molecule has 0 saturated heterocycles. The van der Waals surface area contributed by atoms with E-state index in [1.54, 1.807) is 13.0 Å². The maximum Gasteiger partial charge on any atom is 0.330 e. The number of hydrogen-bond acceptors (Lipinski definition) is 2. The Kier molecular flexibility index (Phi) is 7.16. The van der Waals surface area contributed by atoms with Gasteiger partial charge in [0.05, 0.1) is 6.61 Å². The summed E-state index contributed by atoms with van der Waals surface area (Å²) in [5, 5.41) is 0.973. The first kappa shape index (κ1) is 11.7. The highest BCUT2D eigenvalue weighted by Gasteiger charge is 1.97. The van der Waals surface area contributed by atoms with E-state index >= 15 is 0 Å². The molecule has 0 saturated carbocycles. The first-order chi connectivity index (χ1) is 5.70. The molecular formula is C9H15BrO2. The predicted molar refractivity (Wildman–Crippen MR) is 53.4 cm³/mol. The molecule has 0 heterocycles. The highest BCUT2D eigenvalue weighted by atomic mass is 79.9. The zero-order chi connectivity index (χ0) is 9.40. The molecule has 0 N–H and O–H groups in total. The van der Waals surface area contributed by atoms with Gasteiger partial charge in [0.2, 0.25) is 0 Å². The molecule has 0 aromatic carbocycles. The highest BCUT2D eigenvalue weighted by Crippen LogP contribution is 2.05. The Morgan fingerprint density at radius 2 is 2.25 bits per heavy atom. The van der Waals surface area contributed by atoms with Gasteiger partial charge >= 0.3 is 5.97 Å². The SMILES string of the molecule is CCOC(=O)/C=C(\C)CCCBr. The van der Waals surface area contributed by atoms with E-state index in [0.29, 0.717) is 6.61 Å². The summed E-state index contributed by atoms with van der Waals surface area (Å²) in [5.74, 6) is -0.232. The minimum atomic E-state index is -0.232. The molecule has 0 fully saturated rings. The van der Waals surface area contributed by atoms with Crippen molar-refractivity contribution in [3.8, 4) is 0 Å². The molecule has 0 unspecified atom stereocenters. The van der Waals surface area contributed by atoms with E-state index in [1.807, 2.05) is 6.92 Å². The second kappa shape index (κ2) is 7.35. The third-order valence-corrected chi connectivity index (χ3v) is 1.92. The first-order valence-corrected chi connectivity index (χ1v) is 5.22. The van der Waals surface area contributed by atoms with Crippen molar-refractivity contribution >= 4 is 21.9 Å². The van der Waals surface area contributed by atoms with Crippen LogP contribution in [-0.4, -0.2) is 17.9 Å². The molecule has 0 atom stereocenters. The van der Waals surface area contributed by atoms with E-state index in [-0.39, 0.29) is 5.97 Å². The Morgan fingerprint density at radius 1 is 1.58 bits per heavy atom. The van der Waals surface area contributed by atoms with E-state index in [0.717, 1.165) is 23.7 Å². The molecule has 0 spiro atoms. The predicted octanol–water partition coefficient (Wildman–Crippen LogP) is 2.67. The Labute approximate surface area is 82.1 Å². The van der Waals surface area contributed by atoms with E-state index in [1.165, 1.54) is 0 Å². The van der Waals surface area contributed by atoms with Gasteiger partial charge in [-0.05, 0) is 26.7 Å². The minimum absolute atomic E-state index is 0.232. The lowest BCUT2D eigenvalue weighted by atomic mass is 10.2. The van der Waals surface area contributed by atoms with Gasteiger partial charge in [-0.25, -0.2) is 4.79 Å². The maximum absolute atomic E-state index is 10.9. The van der Waals surface area contributed by atoms with Gasteiger partial charge in [0.15, 0.2) is 0 Å². The lowest BCUT2D eigenvalue weighted by Crippen LogP contribution is -2.00. The Hall–Kier alpha value is -0.310. The van der Waals surface area contributed by atoms with E-state index in [9.17, 15) is 4.79 Å². The van der Waals surface area contributed by atoms with Crippen LogP contribution in [0.5, 0.6) is 0 Å².